The van der Waals surface area contributed by atoms with Crippen molar-refractivity contribution in [2.45, 2.75) is 25.8 Å². The van der Waals surface area contributed by atoms with Crippen molar-refractivity contribution in [3.05, 3.63) is 39.7 Å². The third-order valence-corrected chi connectivity index (χ3v) is 4.12. The predicted octanol–water partition coefficient (Wildman–Crippen LogP) is 3.02. The SMILES string of the molecule is CNCc1nc(-c2ccc3c(c2)CCC3)cs1. The van der Waals surface area contributed by atoms with E-state index in [0.717, 1.165) is 17.2 Å². The minimum absolute atomic E-state index is 0.857. The standard InChI is InChI=1S/C14H16N2S/c1-15-8-14-16-13(9-17-14)12-6-5-10-3-2-4-11(10)7-12/h5-7,9,15H,2-4,8H2,1H3. The van der Waals surface area contributed by atoms with Crippen molar-refractivity contribution in [3.8, 4) is 11.3 Å². The summed E-state index contributed by atoms with van der Waals surface area (Å²) >= 11 is 1.73. The molecule has 0 radical (unpaired) electrons. The Kier molecular flexibility index (Phi) is 2.95. The van der Waals surface area contributed by atoms with Gasteiger partial charge in [-0.3, -0.25) is 0 Å². The minimum Gasteiger partial charge on any atom is -0.314 e. The fourth-order valence-electron chi connectivity index (χ4n) is 2.41. The van der Waals surface area contributed by atoms with Gasteiger partial charge in [0.1, 0.15) is 5.01 Å². The molecule has 1 aromatic heterocycles. The molecule has 1 aliphatic rings. The van der Waals surface area contributed by atoms with Crippen LogP contribution in [0.3, 0.4) is 0 Å². The van der Waals surface area contributed by atoms with E-state index in [1.807, 2.05) is 7.05 Å². The third-order valence-electron chi connectivity index (χ3n) is 3.27. The molecule has 0 spiro atoms. The number of rotatable bonds is 3. The fourth-order valence-corrected chi connectivity index (χ4v) is 3.22. The molecule has 1 aliphatic carbocycles. The number of thiazole rings is 1. The molecule has 0 atom stereocenters. The van der Waals surface area contributed by atoms with Gasteiger partial charge in [0.05, 0.1) is 5.69 Å². The molecule has 0 saturated heterocycles. The number of hydrogen-bond donors (Lipinski definition) is 1. The van der Waals surface area contributed by atoms with Crippen LogP contribution in [0.25, 0.3) is 11.3 Å². The van der Waals surface area contributed by atoms with Crippen LogP contribution in [0, 0.1) is 0 Å². The van der Waals surface area contributed by atoms with E-state index in [0.29, 0.717) is 0 Å². The zero-order valence-electron chi connectivity index (χ0n) is 9.99. The molecule has 3 rings (SSSR count). The minimum atomic E-state index is 0.857. The monoisotopic (exact) mass is 244 g/mol. The highest BCUT2D eigenvalue weighted by molar-refractivity contribution is 7.09. The molecule has 2 nitrogen and oxygen atoms in total. The molecule has 1 aromatic carbocycles. The van der Waals surface area contributed by atoms with Crippen LogP contribution in [0.15, 0.2) is 23.6 Å². The van der Waals surface area contributed by atoms with Gasteiger partial charge >= 0.3 is 0 Å². The zero-order valence-corrected chi connectivity index (χ0v) is 10.8. The van der Waals surface area contributed by atoms with Crippen molar-refractivity contribution in [1.29, 1.82) is 0 Å². The third kappa shape index (κ3) is 2.13. The average Bonchev–Trinajstić information content (AvgIpc) is 2.96. The highest BCUT2D eigenvalue weighted by Crippen LogP contribution is 2.28. The highest BCUT2D eigenvalue weighted by atomic mass is 32.1. The molecule has 17 heavy (non-hydrogen) atoms. The molecule has 1 heterocycles. The number of hydrogen-bond acceptors (Lipinski definition) is 3. The average molecular weight is 244 g/mol. The van der Waals surface area contributed by atoms with E-state index in [4.69, 9.17) is 0 Å². The van der Waals surface area contributed by atoms with Crippen molar-refractivity contribution in [2.24, 2.45) is 0 Å². The summed E-state index contributed by atoms with van der Waals surface area (Å²) in [5.74, 6) is 0. The van der Waals surface area contributed by atoms with Gasteiger partial charge in [0, 0.05) is 17.5 Å². The maximum atomic E-state index is 4.65. The molecule has 0 amide bonds. The lowest BCUT2D eigenvalue weighted by molar-refractivity contribution is 0.811. The largest absolute Gasteiger partial charge is 0.314 e. The van der Waals surface area contributed by atoms with Gasteiger partial charge in [-0.2, -0.15) is 0 Å². The molecular weight excluding hydrogens is 228 g/mol. The van der Waals surface area contributed by atoms with Crippen LogP contribution in [-0.2, 0) is 19.4 Å². The first-order chi connectivity index (χ1) is 8.36. The Morgan fingerprint density at radius 3 is 3.06 bits per heavy atom. The van der Waals surface area contributed by atoms with E-state index in [1.54, 1.807) is 11.3 Å². The molecule has 0 unspecified atom stereocenters. The van der Waals surface area contributed by atoms with Crippen molar-refractivity contribution in [3.63, 3.8) is 0 Å². The smallest absolute Gasteiger partial charge is 0.107 e. The summed E-state index contributed by atoms with van der Waals surface area (Å²) in [6, 6.07) is 6.80. The van der Waals surface area contributed by atoms with Crippen LogP contribution in [0.2, 0.25) is 0 Å². The van der Waals surface area contributed by atoms with Gasteiger partial charge in [-0.15, -0.1) is 11.3 Å². The number of fused-ring (bicyclic) bond motifs is 1. The lowest BCUT2D eigenvalue weighted by atomic mass is 10.1. The second kappa shape index (κ2) is 4.59. The predicted molar refractivity (Wildman–Crippen MR) is 72.3 cm³/mol. The first-order valence-electron chi connectivity index (χ1n) is 6.08. The fraction of sp³-hybridized carbons (Fsp3) is 0.357. The lowest BCUT2D eigenvalue weighted by Gasteiger charge is -2.02. The van der Waals surface area contributed by atoms with Gasteiger partial charge in [-0.1, -0.05) is 12.1 Å². The molecule has 0 bridgehead atoms. The van der Waals surface area contributed by atoms with Gasteiger partial charge in [-0.05, 0) is 43.5 Å². The van der Waals surface area contributed by atoms with Gasteiger partial charge in [0.2, 0.25) is 0 Å². The summed E-state index contributed by atoms with van der Waals surface area (Å²) in [6.07, 6.45) is 3.79. The molecule has 2 aromatic rings. The van der Waals surface area contributed by atoms with E-state index in [1.165, 1.54) is 36.0 Å². The molecule has 3 heteroatoms. The van der Waals surface area contributed by atoms with E-state index in [9.17, 15) is 0 Å². The normalized spacial score (nSPS) is 13.9. The number of aryl methyl sites for hydroxylation is 2. The van der Waals surface area contributed by atoms with E-state index >= 15 is 0 Å². The van der Waals surface area contributed by atoms with Crippen molar-refractivity contribution in [2.75, 3.05) is 7.05 Å². The van der Waals surface area contributed by atoms with Gasteiger partial charge in [0.25, 0.3) is 0 Å². The van der Waals surface area contributed by atoms with Crippen molar-refractivity contribution < 1.29 is 0 Å². The second-order valence-electron chi connectivity index (χ2n) is 4.49. The van der Waals surface area contributed by atoms with Gasteiger partial charge in [-0.25, -0.2) is 4.98 Å². The molecule has 0 saturated carbocycles. The summed E-state index contributed by atoms with van der Waals surface area (Å²) < 4.78 is 0. The summed E-state index contributed by atoms with van der Waals surface area (Å²) in [6.45, 7) is 0.857. The Balaban J connectivity index is 1.92. The Labute approximate surface area is 106 Å². The Morgan fingerprint density at radius 1 is 1.29 bits per heavy atom. The Morgan fingerprint density at radius 2 is 2.18 bits per heavy atom. The van der Waals surface area contributed by atoms with Crippen LogP contribution >= 0.6 is 11.3 Å². The number of aromatic nitrogens is 1. The molecule has 0 fully saturated rings. The highest BCUT2D eigenvalue weighted by Gasteiger charge is 2.12. The van der Waals surface area contributed by atoms with Crippen molar-refractivity contribution >= 4 is 11.3 Å². The molecule has 88 valence electrons. The summed E-state index contributed by atoms with van der Waals surface area (Å²) in [5, 5.41) is 6.45. The summed E-state index contributed by atoms with van der Waals surface area (Å²) in [4.78, 5) is 4.65. The van der Waals surface area contributed by atoms with Gasteiger partial charge < -0.3 is 5.32 Å². The number of nitrogens with zero attached hydrogens (tertiary/aromatic N) is 1. The Bertz CT molecular complexity index is 531. The maximum absolute atomic E-state index is 4.65. The van der Waals surface area contributed by atoms with E-state index < -0.39 is 0 Å². The zero-order chi connectivity index (χ0) is 11.7. The number of nitrogens with one attached hydrogen (secondary N) is 1. The number of benzene rings is 1. The van der Waals surface area contributed by atoms with E-state index in [2.05, 4.69) is 33.9 Å². The van der Waals surface area contributed by atoms with Crippen LogP contribution in [-0.4, -0.2) is 12.0 Å². The Hall–Kier alpha value is -1.19. The first-order valence-corrected chi connectivity index (χ1v) is 6.96. The van der Waals surface area contributed by atoms with Crippen LogP contribution in [0.1, 0.15) is 22.6 Å². The summed E-state index contributed by atoms with van der Waals surface area (Å²) in [5.41, 5.74) is 5.43. The summed E-state index contributed by atoms with van der Waals surface area (Å²) in [7, 11) is 1.95. The van der Waals surface area contributed by atoms with Gasteiger partial charge in [0.15, 0.2) is 0 Å². The van der Waals surface area contributed by atoms with Crippen LogP contribution in [0.4, 0.5) is 0 Å². The van der Waals surface area contributed by atoms with Crippen LogP contribution in [0.5, 0.6) is 0 Å². The molecule has 0 aliphatic heterocycles. The lowest BCUT2D eigenvalue weighted by Crippen LogP contribution is -2.04. The van der Waals surface area contributed by atoms with E-state index in [-0.39, 0.29) is 0 Å². The topological polar surface area (TPSA) is 24.9 Å². The molecule has 1 N–H and O–H groups in total. The second-order valence-corrected chi connectivity index (χ2v) is 5.44. The first kappa shape index (κ1) is 10.9. The van der Waals surface area contributed by atoms with Crippen molar-refractivity contribution in [1.82, 2.24) is 10.3 Å². The quantitative estimate of drug-likeness (QED) is 0.897. The maximum Gasteiger partial charge on any atom is 0.107 e. The molecular formula is C14H16N2S. The van der Waals surface area contributed by atoms with Crippen LogP contribution < -0.4 is 5.32 Å².